The van der Waals surface area contributed by atoms with Gasteiger partial charge in [0.25, 0.3) is 5.56 Å². The smallest absolute Gasteiger partial charge is 0.272 e. The summed E-state index contributed by atoms with van der Waals surface area (Å²) in [4.78, 5) is 27.4. The van der Waals surface area contributed by atoms with Crippen molar-refractivity contribution in [2.75, 3.05) is 6.54 Å². The van der Waals surface area contributed by atoms with Gasteiger partial charge in [-0.25, -0.2) is 5.10 Å². The van der Waals surface area contributed by atoms with Crippen LogP contribution >= 0.6 is 11.3 Å². The summed E-state index contributed by atoms with van der Waals surface area (Å²) in [6, 6.07) is 11.2. The average Bonchev–Trinajstić information content (AvgIpc) is 3.10. The fourth-order valence-electron chi connectivity index (χ4n) is 2.56. The first-order chi connectivity index (χ1) is 11.7. The van der Waals surface area contributed by atoms with Crippen LogP contribution in [0.2, 0.25) is 0 Å². The van der Waals surface area contributed by atoms with E-state index in [1.807, 2.05) is 29.6 Å². The highest BCUT2D eigenvalue weighted by Crippen LogP contribution is 2.16. The van der Waals surface area contributed by atoms with Crippen molar-refractivity contribution < 1.29 is 4.79 Å². The van der Waals surface area contributed by atoms with E-state index in [1.165, 1.54) is 0 Å². The fraction of sp³-hybridized carbons (Fsp3) is 0.167. The summed E-state index contributed by atoms with van der Waals surface area (Å²) in [7, 11) is 0. The number of aromatic amines is 1. The topological polar surface area (TPSA) is 66.1 Å². The van der Waals surface area contributed by atoms with Gasteiger partial charge in [-0.15, -0.1) is 17.9 Å². The summed E-state index contributed by atoms with van der Waals surface area (Å²) in [6.07, 6.45) is 1.85. The van der Waals surface area contributed by atoms with Gasteiger partial charge in [0.05, 0.1) is 24.0 Å². The minimum Gasteiger partial charge on any atom is -0.334 e. The molecule has 1 amide bonds. The molecule has 0 aliphatic carbocycles. The Hall–Kier alpha value is -2.73. The second-order valence-corrected chi connectivity index (χ2v) is 6.40. The molecule has 6 heteroatoms. The number of thiophene rings is 1. The molecule has 0 aliphatic rings. The third kappa shape index (κ3) is 3.44. The normalized spacial score (nSPS) is 10.7. The Morgan fingerprint density at radius 2 is 2.04 bits per heavy atom. The van der Waals surface area contributed by atoms with Crippen molar-refractivity contribution in [2.45, 2.75) is 13.0 Å². The van der Waals surface area contributed by atoms with Crippen LogP contribution in [0.5, 0.6) is 0 Å². The Kier molecular flexibility index (Phi) is 4.86. The minimum absolute atomic E-state index is 0.0481. The zero-order valence-corrected chi connectivity index (χ0v) is 13.9. The predicted molar refractivity (Wildman–Crippen MR) is 96.0 cm³/mol. The van der Waals surface area contributed by atoms with Crippen molar-refractivity contribution in [2.24, 2.45) is 0 Å². The van der Waals surface area contributed by atoms with E-state index in [-0.39, 0.29) is 17.9 Å². The van der Waals surface area contributed by atoms with Crippen LogP contribution < -0.4 is 5.56 Å². The molecule has 0 bridgehead atoms. The highest BCUT2D eigenvalue weighted by molar-refractivity contribution is 7.09. The van der Waals surface area contributed by atoms with Gasteiger partial charge in [0.15, 0.2) is 0 Å². The number of amides is 1. The highest BCUT2D eigenvalue weighted by Gasteiger charge is 2.17. The molecule has 0 saturated heterocycles. The quantitative estimate of drug-likeness (QED) is 0.702. The molecule has 24 heavy (non-hydrogen) atoms. The molecule has 2 heterocycles. The number of rotatable bonds is 6. The lowest BCUT2D eigenvalue weighted by atomic mass is 10.1. The molecule has 0 spiro atoms. The molecule has 0 fully saturated rings. The molecule has 5 nitrogen and oxygen atoms in total. The molecule has 3 rings (SSSR count). The van der Waals surface area contributed by atoms with Crippen molar-refractivity contribution in [3.05, 3.63) is 75.4 Å². The fourth-order valence-corrected chi connectivity index (χ4v) is 3.28. The molecule has 0 aliphatic heterocycles. The van der Waals surface area contributed by atoms with Gasteiger partial charge in [0.1, 0.15) is 0 Å². The molecular weight excluding hydrogens is 322 g/mol. The molecule has 122 valence electrons. The highest BCUT2D eigenvalue weighted by atomic mass is 32.1. The first-order valence-electron chi connectivity index (χ1n) is 7.56. The van der Waals surface area contributed by atoms with Crippen molar-refractivity contribution in [1.29, 1.82) is 0 Å². The van der Waals surface area contributed by atoms with Gasteiger partial charge in [-0.3, -0.25) is 9.59 Å². The maximum absolute atomic E-state index is 12.7. The number of fused-ring (bicyclic) bond motifs is 1. The van der Waals surface area contributed by atoms with Crippen LogP contribution in [0, 0.1) is 0 Å². The van der Waals surface area contributed by atoms with E-state index in [0.717, 1.165) is 4.88 Å². The van der Waals surface area contributed by atoms with E-state index in [9.17, 15) is 9.59 Å². The first-order valence-corrected chi connectivity index (χ1v) is 8.44. The summed E-state index contributed by atoms with van der Waals surface area (Å²) in [6.45, 7) is 4.74. The minimum atomic E-state index is -0.247. The van der Waals surface area contributed by atoms with Gasteiger partial charge in [-0.2, -0.15) is 5.10 Å². The zero-order valence-electron chi connectivity index (χ0n) is 13.1. The SMILES string of the molecule is C=CCN(Cc1cccs1)C(=O)Cc1n[nH]c(=O)c2ccccc12. The third-order valence-corrected chi connectivity index (χ3v) is 4.58. The number of hydrogen-bond donors (Lipinski definition) is 1. The van der Waals surface area contributed by atoms with E-state index >= 15 is 0 Å². The summed E-state index contributed by atoms with van der Waals surface area (Å²) < 4.78 is 0. The first kappa shape index (κ1) is 16.1. The van der Waals surface area contributed by atoms with E-state index in [2.05, 4.69) is 16.8 Å². The molecule has 0 saturated carbocycles. The van der Waals surface area contributed by atoms with Crippen LogP contribution in [-0.4, -0.2) is 27.5 Å². The Bertz CT molecular complexity index is 915. The monoisotopic (exact) mass is 339 g/mol. The van der Waals surface area contributed by atoms with Crippen molar-refractivity contribution in [1.82, 2.24) is 15.1 Å². The van der Waals surface area contributed by atoms with E-state index in [1.54, 1.807) is 34.4 Å². The maximum Gasteiger partial charge on any atom is 0.272 e. The summed E-state index contributed by atoms with van der Waals surface area (Å²) in [5.74, 6) is -0.0481. The average molecular weight is 339 g/mol. The molecule has 0 unspecified atom stereocenters. The lowest BCUT2D eigenvalue weighted by molar-refractivity contribution is -0.130. The summed E-state index contributed by atoms with van der Waals surface area (Å²) >= 11 is 1.61. The lowest BCUT2D eigenvalue weighted by Gasteiger charge is -2.20. The number of aromatic nitrogens is 2. The molecule has 3 aromatic rings. The van der Waals surface area contributed by atoms with Crippen molar-refractivity contribution in [3.8, 4) is 0 Å². The second-order valence-electron chi connectivity index (χ2n) is 5.36. The van der Waals surface area contributed by atoms with Crippen LogP contribution in [0.4, 0.5) is 0 Å². The van der Waals surface area contributed by atoms with Gasteiger partial charge >= 0.3 is 0 Å². The molecule has 0 radical (unpaired) electrons. The van der Waals surface area contributed by atoms with Crippen LogP contribution in [0.1, 0.15) is 10.6 Å². The zero-order chi connectivity index (χ0) is 16.9. The van der Waals surface area contributed by atoms with Gasteiger partial charge in [0, 0.05) is 16.8 Å². The van der Waals surface area contributed by atoms with Gasteiger partial charge < -0.3 is 4.90 Å². The molecule has 1 N–H and O–H groups in total. The number of carbonyl (C=O) groups is 1. The molecule has 0 atom stereocenters. The summed E-state index contributed by atoms with van der Waals surface area (Å²) in [5, 5.41) is 9.79. The Morgan fingerprint density at radius 3 is 2.75 bits per heavy atom. The van der Waals surface area contributed by atoms with E-state index in [0.29, 0.717) is 29.6 Å². The number of hydrogen-bond acceptors (Lipinski definition) is 4. The number of carbonyl (C=O) groups excluding carboxylic acids is 1. The van der Waals surface area contributed by atoms with Crippen LogP contribution in [0.15, 0.2) is 59.2 Å². The number of nitrogens with one attached hydrogen (secondary N) is 1. The molecule has 1 aromatic carbocycles. The molecule has 2 aromatic heterocycles. The number of nitrogens with zero attached hydrogens (tertiary/aromatic N) is 2. The maximum atomic E-state index is 12.7. The second kappa shape index (κ2) is 7.23. The van der Waals surface area contributed by atoms with Crippen LogP contribution in [-0.2, 0) is 17.8 Å². The Labute approximate surface area is 143 Å². The third-order valence-electron chi connectivity index (χ3n) is 3.72. The number of H-pyrrole nitrogens is 1. The Morgan fingerprint density at radius 1 is 1.25 bits per heavy atom. The van der Waals surface area contributed by atoms with Crippen molar-refractivity contribution >= 4 is 28.0 Å². The van der Waals surface area contributed by atoms with Gasteiger partial charge in [-0.05, 0) is 17.5 Å². The largest absolute Gasteiger partial charge is 0.334 e. The van der Waals surface area contributed by atoms with Gasteiger partial charge in [0.2, 0.25) is 5.91 Å². The summed E-state index contributed by atoms with van der Waals surface area (Å²) in [5.41, 5.74) is 0.332. The Balaban J connectivity index is 1.86. The van der Waals surface area contributed by atoms with Gasteiger partial charge in [-0.1, -0.05) is 30.3 Å². The van der Waals surface area contributed by atoms with Crippen molar-refractivity contribution in [3.63, 3.8) is 0 Å². The van der Waals surface area contributed by atoms with E-state index < -0.39 is 0 Å². The predicted octanol–water partition coefficient (Wildman–Crippen LogP) is 2.74. The standard InChI is InChI=1S/C18H17N3O2S/c1-2-9-21(12-13-6-5-10-24-13)17(22)11-16-14-7-3-4-8-15(14)18(23)20-19-16/h2-8,10H,1,9,11-12H2,(H,20,23). The lowest BCUT2D eigenvalue weighted by Crippen LogP contribution is -2.32. The van der Waals surface area contributed by atoms with E-state index in [4.69, 9.17) is 0 Å². The number of benzene rings is 1. The van der Waals surface area contributed by atoms with Crippen LogP contribution in [0.3, 0.4) is 0 Å². The van der Waals surface area contributed by atoms with Crippen LogP contribution in [0.25, 0.3) is 10.8 Å². The molecular formula is C18H17N3O2S.